The predicted octanol–water partition coefficient (Wildman–Crippen LogP) is 4.40. The molecule has 146 valence electrons. The summed E-state index contributed by atoms with van der Waals surface area (Å²) in [6.07, 6.45) is 0. The Labute approximate surface area is 165 Å². The number of rotatable bonds is 8. The van der Waals surface area contributed by atoms with Crippen LogP contribution in [0.4, 0.5) is 17.1 Å². The van der Waals surface area contributed by atoms with Crippen molar-refractivity contribution in [2.45, 2.75) is 0 Å². The lowest BCUT2D eigenvalue weighted by Gasteiger charge is -2.10. The molecule has 0 atom stereocenters. The quantitative estimate of drug-likeness (QED) is 0.345. The molecule has 0 heterocycles. The van der Waals surface area contributed by atoms with Gasteiger partial charge in [0.1, 0.15) is 23.8 Å². The zero-order chi connectivity index (χ0) is 20.6. The van der Waals surface area contributed by atoms with Crippen LogP contribution in [0.15, 0.2) is 84.0 Å². The van der Waals surface area contributed by atoms with Crippen LogP contribution in [-0.4, -0.2) is 22.2 Å². The number of nitrogens with one attached hydrogen (secondary N) is 1. The Balaban J connectivity index is 1.88. The van der Waals surface area contributed by atoms with E-state index in [1.54, 1.807) is 12.1 Å². The summed E-state index contributed by atoms with van der Waals surface area (Å²) in [6, 6.07) is 21.7. The molecule has 0 fully saturated rings. The molecule has 3 rings (SSSR count). The van der Waals surface area contributed by atoms with Crippen molar-refractivity contribution in [3.63, 3.8) is 0 Å². The van der Waals surface area contributed by atoms with Gasteiger partial charge in [-0.2, -0.15) is 5.10 Å². The molecule has 0 bridgehead atoms. The summed E-state index contributed by atoms with van der Waals surface area (Å²) in [7, 11) is 0. The van der Waals surface area contributed by atoms with Gasteiger partial charge in [0.25, 0.3) is 5.69 Å². The number of hydrogen-bond acceptors (Lipinski definition) is 7. The second kappa shape index (κ2) is 9.09. The van der Waals surface area contributed by atoms with E-state index in [1.165, 1.54) is 12.1 Å². The third-order valence-corrected chi connectivity index (χ3v) is 3.93. The predicted molar refractivity (Wildman–Crippen MR) is 108 cm³/mol. The molecule has 0 aromatic heterocycles. The Hall–Kier alpha value is -4.27. The Morgan fingerprint density at radius 1 is 0.897 bits per heavy atom. The van der Waals surface area contributed by atoms with Gasteiger partial charge in [-0.05, 0) is 18.2 Å². The van der Waals surface area contributed by atoms with Gasteiger partial charge in [0.05, 0.1) is 15.9 Å². The molecule has 0 aliphatic carbocycles. The van der Waals surface area contributed by atoms with Crippen molar-refractivity contribution in [1.82, 2.24) is 0 Å². The maximum Gasteiger partial charge on any atom is 0.301 e. The number of nitro groups is 2. The minimum Gasteiger partial charge on any atom is -0.487 e. The summed E-state index contributed by atoms with van der Waals surface area (Å²) in [5, 5.41) is 26.4. The molecular formula is C20H16N4O5. The molecule has 9 heteroatoms. The maximum absolute atomic E-state index is 11.3. The molecule has 0 unspecified atom stereocenters. The van der Waals surface area contributed by atoms with Crippen LogP contribution in [0.25, 0.3) is 0 Å². The first kappa shape index (κ1) is 19.5. The highest BCUT2D eigenvalue weighted by Crippen LogP contribution is 2.29. The fourth-order valence-electron chi connectivity index (χ4n) is 2.49. The van der Waals surface area contributed by atoms with Crippen LogP contribution in [0.1, 0.15) is 5.56 Å². The van der Waals surface area contributed by atoms with Gasteiger partial charge in [-0.25, -0.2) is 0 Å². The number of hydrazone groups is 1. The van der Waals surface area contributed by atoms with Gasteiger partial charge < -0.3 is 4.74 Å². The largest absolute Gasteiger partial charge is 0.487 e. The first-order valence-corrected chi connectivity index (χ1v) is 8.53. The summed E-state index contributed by atoms with van der Waals surface area (Å²) < 4.78 is 5.75. The van der Waals surface area contributed by atoms with Crippen LogP contribution in [0.3, 0.4) is 0 Å². The molecule has 0 radical (unpaired) electrons. The minimum atomic E-state index is -0.701. The summed E-state index contributed by atoms with van der Waals surface area (Å²) in [5.41, 5.74) is 3.12. The number of benzene rings is 3. The first-order chi connectivity index (χ1) is 14.0. The van der Waals surface area contributed by atoms with E-state index in [4.69, 9.17) is 4.74 Å². The van der Waals surface area contributed by atoms with Gasteiger partial charge in [-0.3, -0.25) is 25.7 Å². The van der Waals surface area contributed by atoms with E-state index in [9.17, 15) is 20.2 Å². The zero-order valence-electron chi connectivity index (χ0n) is 15.1. The van der Waals surface area contributed by atoms with E-state index in [0.29, 0.717) is 11.5 Å². The van der Waals surface area contributed by atoms with Crippen molar-refractivity contribution >= 4 is 22.8 Å². The monoisotopic (exact) mass is 392 g/mol. The normalized spacial score (nSPS) is 11.0. The fourth-order valence-corrected chi connectivity index (χ4v) is 2.49. The first-order valence-electron chi connectivity index (χ1n) is 8.53. The summed E-state index contributed by atoms with van der Waals surface area (Å²) >= 11 is 0. The van der Waals surface area contributed by atoms with E-state index < -0.39 is 15.5 Å². The second-order valence-electron chi connectivity index (χ2n) is 5.85. The van der Waals surface area contributed by atoms with E-state index in [-0.39, 0.29) is 18.0 Å². The van der Waals surface area contributed by atoms with Crippen LogP contribution in [0.5, 0.6) is 5.75 Å². The Morgan fingerprint density at radius 2 is 1.55 bits per heavy atom. The fraction of sp³-hybridized carbons (Fsp3) is 0.0500. The van der Waals surface area contributed by atoms with Crippen molar-refractivity contribution in [2.24, 2.45) is 5.10 Å². The molecule has 3 aromatic carbocycles. The molecule has 3 aromatic rings. The van der Waals surface area contributed by atoms with E-state index in [1.807, 2.05) is 48.5 Å². The highest BCUT2D eigenvalue weighted by atomic mass is 16.6. The van der Waals surface area contributed by atoms with Crippen LogP contribution >= 0.6 is 0 Å². The third kappa shape index (κ3) is 5.13. The number of anilines is 1. The van der Waals surface area contributed by atoms with Crippen molar-refractivity contribution in [2.75, 3.05) is 12.0 Å². The summed E-state index contributed by atoms with van der Waals surface area (Å²) in [5.74, 6) is 0.650. The van der Waals surface area contributed by atoms with E-state index in [2.05, 4.69) is 10.5 Å². The Bertz CT molecular complexity index is 1040. The van der Waals surface area contributed by atoms with Gasteiger partial charge in [0, 0.05) is 11.6 Å². The van der Waals surface area contributed by atoms with Crippen LogP contribution < -0.4 is 10.2 Å². The smallest absolute Gasteiger partial charge is 0.301 e. The third-order valence-electron chi connectivity index (χ3n) is 3.93. The number of ether oxygens (including phenoxy) is 1. The lowest BCUT2D eigenvalue weighted by Crippen LogP contribution is -2.15. The lowest BCUT2D eigenvalue weighted by atomic mass is 10.1. The highest BCUT2D eigenvalue weighted by Gasteiger charge is 2.19. The Morgan fingerprint density at radius 3 is 2.17 bits per heavy atom. The molecule has 0 aliphatic rings. The van der Waals surface area contributed by atoms with Gasteiger partial charge in [0.2, 0.25) is 0 Å². The average molecular weight is 392 g/mol. The summed E-state index contributed by atoms with van der Waals surface area (Å²) in [6.45, 7) is 0.113. The van der Waals surface area contributed by atoms with Crippen LogP contribution in [0.2, 0.25) is 0 Å². The maximum atomic E-state index is 11.3. The van der Waals surface area contributed by atoms with E-state index in [0.717, 1.165) is 11.6 Å². The van der Waals surface area contributed by atoms with Gasteiger partial charge in [0.15, 0.2) is 0 Å². The van der Waals surface area contributed by atoms with Crippen LogP contribution in [-0.2, 0) is 0 Å². The molecule has 0 spiro atoms. The molecule has 0 amide bonds. The molecule has 9 nitrogen and oxygen atoms in total. The van der Waals surface area contributed by atoms with E-state index >= 15 is 0 Å². The molecule has 29 heavy (non-hydrogen) atoms. The number of non-ortho nitro benzene ring substituents is 1. The number of para-hydroxylation sites is 1. The zero-order valence-corrected chi connectivity index (χ0v) is 15.1. The number of nitro benzene ring substituents is 2. The number of nitrogens with zero attached hydrogens (tertiary/aromatic N) is 3. The molecule has 1 N–H and O–H groups in total. The topological polar surface area (TPSA) is 120 Å². The van der Waals surface area contributed by atoms with Crippen molar-refractivity contribution in [3.8, 4) is 5.75 Å². The lowest BCUT2D eigenvalue weighted by molar-refractivity contribution is -0.393. The van der Waals surface area contributed by atoms with Crippen molar-refractivity contribution in [3.05, 3.63) is 105 Å². The van der Waals surface area contributed by atoms with Gasteiger partial charge >= 0.3 is 5.69 Å². The molecule has 0 aliphatic heterocycles. The van der Waals surface area contributed by atoms with Crippen LogP contribution in [0, 0.1) is 20.2 Å². The minimum absolute atomic E-state index is 0.0359. The second-order valence-corrected chi connectivity index (χ2v) is 5.85. The summed E-state index contributed by atoms with van der Waals surface area (Å²) in [4.78, 5) is 20.8. The van der Waals surface area contributed by atoms with Crippen molar-refractivity contribution in [1.29, 1.82) is 0 Å². The molecular weight excluding hydrogens is 376 g/mol. The SMILES string of the molecule is O=[N+]([O-])c1ccc(N/N=C(/COc2ccccc2)c2ccccc2)c([N+](=O)[O-])c1. The van der Waals surface area contributed by atoms with Gasteiger partial charge in [-0.1, -0.05) is 48.5 Å². The molecule has 0 saturated heterocycles. The average Bonchev–Trinajstić information content (AvgIpc) is 2.75. The standard InChI is InChI=1S/C20H16N4O5/c25-23(26)16-11-12-18(20(13-16)24(27)28)21-22-19(15-7-3-1-4-8-15)14-29-17-9-5-2-6-10-17/h1-13,21H,14H2/b22-19-. The molecule has 0 saturated carbocycles. The van der Waals surface area contributed by atoms with Crippen molar-refractivity contribution < 1.29 is 14.6 Å². The van der Waals surface area contributed by atoms with Gasteiger partial charge in [-0.15, -0.1) is 0 Å². The highest BCUT2D eigenvalue weighted by molar-refractivity contribution is 6.02. The number of hydrogen-bond donors (Lipinski definition) is 1. The Kier molecular flexibility index (Phi) is 6.11.